The van der Waals surface area contributed by atoms with E-state index in [2.05, 4.69) is 5.32 Å². The van der Waals surface area contributed by atoms with Gasteiger partial charge < -0.3 is 15.3 Å². The molecule has 0 aromatic rings. The molecule has 0 heterocycles. The van der Waals surface area contributed by atoms with Gasteiger partial charge in [-0.2, -0.15) is 13.2 Å². The normalized spacial score (nSPS) is 14.8. The molecule has 2 unspecified atom stereocenters. The Labute approximate surface area is 116 Å². The summed E-state index contributed by atoms with van der Waals surface area (Å²) in [7, 11) is 0. The number of carbonyl (C=O) groups excluding carboxylic acids is 1. The topological polar surface area (TPSA) is 69.6 Å². The first kappa shape index (κ1) is 18.5. The van der Waals surface area contributed by atoms with Crippen LogP contribution in [0.3, 0.4) is 0 Å². The minimum atomic E-state index is -4.53. The number of nitrogens with one attached hydrogen (secondary N) is 1. The van der Waals surface area contributed by atoms with Gasteiger partial charge in [0.05, 0.1) is 0 Å². The Kier molecular flexibility index (Phi) is 6.81. The van der Waals surface area contributed by atoms with E-state index in [4.69, 9.17) is 5.11 Å². The second kappa shape index (κ2) is 7.35. The van der Waals surface area contributed by atoms with Crippen LogP contribution in [0.1, 0.15) is 34.1 Å². The fourth-order valence-corrected chi connectivity index (χ4v) is 1.58. The van der Waals surface area contributed by atoms with Crippen molar-refractivity contribution in [1.29, 1.82) is 0 Å². The average Bonchev–Trinajstić information content (AvgIpc) is 2.29. The van der Waals surface area contributed by atoms with Crippen LogP contribution < -0.4 is 5.32 Å². The smallest absolute Gasteiger partial charge is 0.406 e. The number of hydrogen-bond donors (Lipinski definition) is 2. The van der Waals surface area contributed by atoms with Crippen LogP contribution in [0.25, 0.3) is 0 Å². The van der Waals surface area contributed by atoms with Crippen LogP contribution in [-0.4, -0.2) is 46.8 Å². The van der Waals surface area contributed by atoms with Gasteiger partial charge >= 0.3 is 18.2 Å². The lowest BCUT2D eigenvalue weighted by Crippen LogP contribution is -2.54. The van der Waals surface area contributed by atoms with Crippen molar-refractivity contribution in [2.45, 2.75) is 52.4 Å². The summed E-state index contributed by atoms with van der Waals surface area (Å²) in [5, 5.41) is 11.2. The number of carboxylic acids is 1. The summed E-state index contributed by atoms with van der Waals surface area (Å²) < 4.78 is 37.2. The van der Waals surface area contributed by atoms with Crippen LogP contribution >= 0.6 is 0 Å². The van der Waals surface area contributed by atoms with Crippen molar-refractivity contribution in [3.05, 3.63) is 0 Å². The number of alkyl halides is 3. The molecule has 0 aliphatic rings. The van der Waals surface area contributed by atoms with Gasteiger partial charge in [-0.05, 0) is 19.8 Å². The molecule has 8 heteroatoms. The zero-order chi connectivity index (χ0) is 16.1. The Hall–Kier alpha value is -1.47. The molecule has 0 aromatic heterocycles. The molecule has 0 rings (SSSR count). The molecule has 5 nitrogen and oxygen atoms in total. The number of rotatable bonds is 6. The van der Waals surface area contributed by atoms with E-state index >= 15 is 0 Å². The number of carbonyl (C=O) groups is 2. The first-order valence-electron chi connectivity index (χ1n) is 6.36. The molecule has 2 atom stereocenters. The molecule has 0 saturated heterocycles. The van der Waals surface area contributed by atoms with Crippen molar-refractivity contribution in [3.8, 4) is 0 Å². The van der Waals surface area contributed by atoms with Crippen LogP contribution in [0.5, 0.6) is 0 Å². The first-order valence-corrected chi connectivity index (χ1v) is 6.36. The Morgan fingerprint density at radius 1 is 1.25 bits per heavy atom. The fourth-order valence-electron chi connectivity index (χ4n) is 1.58. The number of halogens is 3. The van der Waals surface area contributed by atoms with Crippen LogP contribution in [0.4, 0.5) is 18.0 Å². The molecule has 2 N–H and O–H groups in total. The number of carboxylic acid groups (broad SMARTS) is 1. The Bertz CT molecular complexity index is 345. The van der Waals surface area contributed by atoms with Crippen molar-refractivity contribution in [3.63, 3.8) is 0 Å². The highest BCUT2D eigenvalue weighted by Crippen LogP contribution is 2.18. The zero-order valence-electron chi connectivity index (χ0n) is 12.0. The molecule has 0 aliphatic carbocycles. The minimum absolute atomic E-state index is 0.378. The van der Waals surface area contributed by atoms with E-state index in [0.717, 1.165) is 0 Å². The molecule has 118 valence electrons. The second-order valence-electron chi connectivity index (χ2n) is 4.99. The Morgan fingerprint density at radius 3 is 2.05 bits per heavy atom. The van der Waals surface area contributed by atoms with Gasteiger partial charge in [-0.3, -0.25) is 0 Å². The van der Waals surface area contributed by atoms with Gasteiger partial charge in [0.15, 0.2) is 0 Å². The maximum atomic E-state index is 12.4. The van der Waals surface area contributed by atoms with Crippen molar-refractivity contribution < 1.29 is 27.9 Å². The highest BCUT2D eigenvalue weighted by Gasteiger charge is 2.36. The van der Waals surface area contributed by atoms with E-state index in [-0.39, 0.29) is 5.92 Å². The lowest BCUT2D eigenvalue weighted by atomic mass is 9.99. The Balaban J connectivity index is 4.94. The number of hydrogen-bond acceptors (Lipinski definition) is 2. The molecule has 0 spiro atoms. The third-order valence-corrected chi connectivity index (χ3v) is 2.99. The number of aliphatic carboxylic acids is 1. The van der Waals surface area contributed by atoms with E-state index in [9.17, 15) is 22.8 Å². The summed E-state index contributed by atoms with van der Waals surface area (Å²) in [6.45, 7) is 4.81. The monoisotopic (exact) mass is 298 g/mol. The van der Waals surface area contributed by atoms with E-state index in [1.165, 1.54) is 13.8 Å². The van der Waals surface area contributed by atoms with Gasteiger partial charge in [-0.1, -0.05) is 20.3 Å². The molecule has 0 saturated carbocycles. The number of amides is 2. The van der Waals surface area contributed by atoms with Gasteiger partial charge in [0.2, 0.25) is 0 Å². The predicted octanol–water partition coefficient (Wildman–Crippen LogP) is 2.47. The Morgan fingerprint density at radius 2 is 1.75 bits per heavy atom. The van der Waals surface area contributed by atoms with Crippen LogP contribution in [-0.2, 0) is 4.79 Å². The highest BCUT2D eigenvalue weighted by molar-refractivity contribution is 5.83. The lowest BCUT2D eigenvalue weighted by Gasteiger charge is -2.30. The quantitative estimate of drug-likeness (QED) is 0.791. The summed E-state index contributed by atoms with van der Waals surface area (Å²) in [6.07, 6.45) is -4.05. The van der Waals surface area contributed by atoms with Gasteiger partial charge in [0.25, 0.3) is 0 Å². The van der Waals surface area contributed by atoms with E-state index in [1.807, 2.05) is 0 Å². The van der Waals surface area contributed by atoms with Crippen molar-refractivity contribution in [2.24, 2.45) is 5.92 Å². The van der Waals surface area contributed by atoms with Crippen LogP contribution in [0.2, 0.25) is 0 Å². The lowest BCUT2D eigenvalue weighted by molar-refractivity contribution is -0.143. The molecular weight excluding hydrogens is 277 g/mol. The van der Waals surface area contributed by atoms with Crippen molar-refractivity contribution in [1.82, 2.24) is 10.2 Å². The third-order valence-electron chi connectivity index (χ3n) is 2.99. The SMILES string of the molecule is CCC(C)C(NC(=O)N(CC(F)(F)F)C(C)C)C(=O)O. The number of urea groups is 1. The molecule has 0 aromatic carbocycles. The molecule has 0 fully saturated rings. The maximum absolute atomic E-state index is 12.4. The summed E-state index contributed by atoms with van der Waals surface area (Å²) >= 11 is 0. The third kappa shape index (κ3) is 6.12. The van der Waals surface area contributed by atoms with Crippen LogP contribution in [0, 0.1) is 5.92 Å². The standard InChI is InChI=1S/C12H21F3N2O3/c1-5-8(4)9(10(18)19)16-11(20)17(7(2)3)6-12(13,14)15/h7-9H,5-6H2,1-4H3,(H,16,20)(H,18,19). The molecular formula is C12H21F3N2O3. The largest absolute Gasteiger partial charge is 0.480 e. The molecule has 0 bridgehead atoms. The minimum Gasteiger partial charge on any atom is -0.480 e. The molecule has 20 heavy (non-hydrogen) atoms. The van der Waals surface area contributed by atoms with Crippen LogP contribution in [0.15, 0.2) is 0 Å². The van der Waals surface area contributed by atoms with Gasteiger partial charge in [0, 0.05) is 6.04 Å². The predicted molar refractivity (Wildman–Crippen MR) is 67.3 cm³/mol. The summed E-state index contributed by atoms with van der Waals surface area (Å²) in [5.41, 5.74) is 0. The zero-order valence-corrected chi connectivity index (χ0v) is 12.0. The molecule has 0 radical (unpaired) electrons. The van der Waals surface area contributed by atoms with E-state index < -0.39 is 36.8 Å². The molecule has 0 aliphatic heterocycles. The van der Waals surface area contributed by atoms with E-state index in [0.29, 0.717) is 11.3 Å². The number of nitrogens with zero attached hydrogens (tertiary/aromatic N) is 1. The van der Waals surface area contributed by atoms with E-state index in [1.54, 1.807) is 13.8 Å². The summed E-state index contributed by atoms with van der Waals surface area (Å²) in [4.78, 5) is 23.5. The summed E-state index contributed by atoms with van der Waals surface area (Å²) in [5.74, 6) is -1.64. The van der Waals surface area contributed by atoms with Gasteiger partial charge in [0.1, 0.15) is 12.6 Å². The van der Waals surface area contributed by atoms with Gasteiger partial charge in [-0.25, -0.2) is 9.59 Å². The second-order valence-corrected chi connectivity index (χ2v) is 4.99. The first-order chi connectivity index (χ1) is 8.99. The van der Waals surface area contributed by atoms with Crippen molar-refractivity contribution in [2.75, 3.05) is 6.54 Å². The molecule has 2 amide bonds. The maximum Gasteiger partial charge on any atom is 0.406 e. The fraction of sp³-hybridized carbons (Fsp3) is 0.833. The summed E-state index contributed by atoms with van der Waals surface area (Å²) in [6, 6.07) is -2.92. The average molecular weight is 298 g/mol. The highest BCUT2D eigenvalue weighted by atomic mass is 19.4. The van der Waals surface area contributed by atoms with Crippen molar-refractivity contribution >= 4 is 12.0 Å². The van der Waals surface area contributed by atoms with Gasteiger partial charge in [-0.15, -0.1) is 0 Å².